The topological polar surface area (TPSA) is 33.1 Å². The fourth-order valence-electron chi connectivity index (χ4n) is 1.01. The number of halogens is 1. The van der Waals surface area contributed by atoms with Gasteiger partial charge in [-0.15, -0.1) is 0 Å². The van der Waals surface area contributed by atoms with E-state index >= 15 is 0 Å². The van der Waals surface area contributed by atoms with Crippen LogP contribution in [0.15, 0.2) is 22.8 Å². The summed E-state index contributed by atoms with van der Waals surface area (Å²) in [4.78, 5) is 4.28. The van der Waals surface area contributed by atoms with E-state index in [1.807, 2.05) is 32.0 Å². The minimum Gasteiger partial charge on any atom is -0.396 e. The smallest absolute Gasteiger partial charge is 0.106 e. The molecule has 0 bridgehead atoms. The van der Waals surface area contributed by atoms with Crippen LogP contribution < -0.4 is 0 Å². The van der Waals surface area contributed by atoms with Crippen molar-refractivity contribution in [1.82, 2.24) is 4.98 Å². The molecule has 14 heavy (non-hydrogen) atoms. The number of aliphatic hydroxyl groups is 1. The van der Waals surface area contributed by atoms with Gasteiger partial charge in [0.15, 0.2) is 0 Å². The standard InChI is InChI=1S/C9H12BrNO.C2H6/c10-9-6-3-5-8(11-9)4-1-2-7-12;1-2/h3,5-6,12H,1-2,4,7H2;1-2H3. The average Bonchev–Trinajstić information content (AvgIpc) is 2.21. The molecule has 1 rings (SSSR count). The van der Waals surface area contributed by atoms with Gasteiger partial charge in [-0.2, -0.15) is 0 Å². The molecular formula is C11H18BrNO. The molecule has 0 atom stereocenters. The van der Waals surface area contributed by atoms with E-state index in [-0.39, 0.29) is 6.61 Å². The predicted molar refractivity (Wildman–Crippen MR) is 63.3 cm³/mol. The first kappa shape index (κ1) is 13.6. The molecular weight excluding hydrogens is 242 g/mol. The lowest BCUT2D eigenvalue weighted by Gasteiger charge is -1.99. The molecule has 0 amide bonds. The fourth-order valence-corrected chi connectivity index (χ4v) is 1.39. The van der Waals surface area contributed by atoms with Crippen LogP contribution in [0.2, 0.25) is 0 Å². The van der Waals surface area contributed by atoms with Crippen molar-refractivity contribution in [2.45, 2.75) is 33.1 Å². The molecule has 2 nitrogen and oxygen atoms in total. The quantitative estimate of drug-likeness (QED) is 0.666. The third kappa shape index (κ3) is 6.11. The molecule has 0 radical (unpaired) electrons. The zero-order chi connectivity index (χ0) is 10.8. The van der Waals surface area contributed by atoms with Gasteiger partial charge >= 0.3 is 0 Å². The summed E-state index contributed by atoms with van der Waals surface area (Å²) in [6, 6.07) is 5.89. The normalized spacial score (nSPS) is 9.14. The highest BCUT2D eigenvalue weighted by Gasteiger charge is 1.94. The number of pyridine rings is 1. The average molecular weight is 260 g/mol. The summed E-state index contributed by atoms with van der Waals surface area (Å²) in [5.74, 6) is 0. The summed E-state index contributed by atoms with van der Waals surface area (Å²) in [5, 5.41) is 8.57. The van der Waals surface area contributed by atoms with E-state index < -0.39 is 0 Å². The van der Waals surface area contributed by atoms with Crippen molar-refractivity contribution in [1.29, 1.82) is 0 Å². The van der Waals surface area contributed by atoms with Crippen LogP contribution in [0.25, 0.3) is 0 Å². The Bertz CT molecular complexity index is 240. The Balaban J connectivity index is 0.000000791. The van der Waals surface area contributed by atoms with Gasteiger partial charge in [-0.1, -0.05) is 19.9 Å². The van der Waals surface area contributed by atoms with E-state index in [2.05, 4.69) is 20.9 Å². The van der Waals surface area contributed by atoms with Crippen molar-refractivity contribution < 1.29 is 5.11 Å². The lowest BCUT2D eigenvalue weighted by atomic mass is 10.2. The molecule has 1 N–H and O–H groups in total. The summed E-state index contributed by atoms with van der Waals surface area (Å²) in [6.45, 7) is 4.27. The second-order valence-corrected chi connectivity index (χ2v) is 3.44. The largest absolute Gasteiger partial charge is 0.396 e. The van der Waals surface area contributed by atoms with E-state index in [4.69, 9.17) is 5.11 Å². The zero-order valence-electron chi connectivity index (χ0n) is 8.83. The summed E-state index contributed by atoms with van der Waals surface area (Å²) in [7, 11) is 0. The van der Waals surface area contributed by atoms with Crippen molar-refractivity contribution in [3.8, 4) is 0 Å². The first-order chi connectivity index (χ1) is 6.83. The van der Waals surface area contributed by atoms with Gasteiger partial charge in [-0.25, -0.2) is 4.98 Å². The molecule has 3 heteroatoms. The van der Waals surface area contributed by atoms with Crippen LogP contribution in [0, 0.1) is 0 Å². The highest BCUT2D eigenvalue weighted by Crippen LogP contribution is 2.08. The lowest BCUT2D eigenvalue weighted by Crippen LogP contribution is -1.91. The Morgan fingerprint density at radius 3 is 2.57 bits per heavy atom. The van der Waals surface area contributed by atoms with Crippen molar-refractivity contribution in [2.24, 2.45) is 0 Å². The van der Waals surface area contributed by atoms with Crippen LogP contribution in [-0.4, -0.2) is 16.7 Å². The Labute approximate surface area is 94.5 Å². The summed E-state index contributed by atoms with van der Waals surface area (Å²) in [6.07, 6.45) is 2.80. The monoisotopic (exact) mass is 259 g/mol. The Hall–Kier alpha value is -0.410. The van der Waals surface area contributed by atoms with Gasteiger partial charge in [0.2, 0.25) is 0 Å². The number of aromatic nitrogens is 1. The Kier molecular flexibility index (Phi) is 8.89. The number of unbranched alkanes of at least 4 members (excludes halogenated alkanes) is 1. The second-order valence-electron chi connectivity index (χ2n) is 2.63. The number of hydrogen-bond acceptors (Lipinski definition) is 2. The van der Waals surface area contributed by atoms with Crippen LogP contribution in [0.5, 0.6) is 0 Å². The molecule has 0 spiro atoms. The SMILES string of the molecule is CC.OCCCCc1cccc(Br)n1. The maximum Gasteiger partial charge on any atom is 0.106 e. The Morgan fingerprint density at radius 1 is 1.29 bits per heavy atom. The summed E-state index contributed by atoms with van der Waals surface area (Å²) >= 11 is 3.31. The van der Waals surface area contributed by atoms with E-state index in [1.54, 1.807) is 0 Å². The molecule has 0 saturated heterocycles. The third-order valence-electron chi connectivity index (χ3n) is 1.61. The van der Waals surface area contributed by atoms with Gasteiger partial charge in [0.25, 0.3) is 0 Å². The van der Waals surface area contributed by atoms with Crippen LogP contribution >= 0.6 is 15.9 Å². The van der Waals surface area contributed by atoms with E-state index in [1.165, 1.54) is 0 Å². The highest BCUT2D eigenvalue weighted by atomic mass is 79.9. The van der Waals surface area contributed by atoms with Crippen molar-refractivity contribution in [3.05, 3.63) is 28.5 Å². The van der Waals surface area contributed by atoms with Crippen molar-refractivity contribution >= 4 is 15.9 Å². The minimum atomic E-state index is 0.272. The van der Waals surface area contributed by atoms with Crippen molar-refractivity contribution in [3.63, 3.8) is 0 Å². The van der Waals surface area contributed by atoms with Gasteiger partial charge in [-0.3, -0.25) is 0 Å². The van der Waals surface area contributed by atoms with Gasteiger partial charge in [0.1, 0.15) is 4.60 Å². The maximum absolute atomic E-state index is 8.57. The number of aryl methyl sites for hydroxylation is 1. The molecule has 0 aliphatic rings. The van der Waals surface area contributed by atoms with E-state index in [0.717, 1.165) is 29.6 Å². The molecule has 80 valence electrons. The van der Waals surface area contributed by atoms with Crippen LogP contribution in [-0.2, 0) is 6.42 Å². The van der Waals surface area contributed by atoms with Gasteiger partial charge < -0.3 is 5.11 Å². The first-order valence-electron chi connectivity index (χ1n) is 5.05. The molecule has 0 aliphatic carbocycles. The van der Waals surface area contributed by atoms with Crippen LogP contribution in [0.1, 0.15) is 32.4 Å². The summed E-state index contributed by atoms with van der Waals surface area (Å²) < 4.78 is 0.879. The number of hydrogen-bond donors (Lipinski definition) is 1. The van der Waals surface area contributed by atoms with Crippen LogP contribution in [0.4, 0.5) is 0 Å². The number of rotatable bonds is 4. The number of nitrogens with zero attached hydrogens (tertiary/aromatic N) is 1. The lowest BCUT2D eigenvalue weighted by molar-refractivity contribution is 0.284. The number of aliphatic hydroxyl groups excluding tert-OH is 1. The fraction of sp³-hybridized carbons (Fsp3) is 0.545. The third-order valence-corrected chi connectivity index (χ3v) is 2.06. The molecule has 0 aliphatic heterocycles. The van der Waals surface area contributed by atoms with Gasteiger partial charge in [0.05, 0.1) is 0 Å². The van der Waals surface area contributed by atoms with Crippen LogP contribution in [0.3, 0.4) is 0 Å². The maximum atomic E-state index is 8.57. The zero-order valence-corrected chi connectivity index (χ0v) is 10.4. The first-order valence-corrected chi connectivity index (χ1v) is 5.84. The molecule has 0 unspecified atom stereocenters. The van der Waals surface area contributed by atoms with E-state index in [0.29, 0.717) is 0 Å². The van der Waals surface area contributed by atoms with Gasteiger partial charge in [-0.05, 0) is 47.3 Å². The van der Waals surface area contributed by atoms with Crippen molar-refractivity contribution in [2.75, 3.05) is 6.61 Å². The molecule has 1 heterocycles. The van der Waals surface area contributed by atoms with Gasteiger partial charge in [0, 0.05) is 12.3 Å². The van der Waals surface area contributed by atoms with E-state index in [9.17, 15) is 0 Å². The molecule has 0 saturated carbocycles. The molecule has 0 fully saturated rings. The minimum absolute atomic E-state index is 0.272. The predicted octanol–water partition coefficient (Wildman–Crippen LogP) is 3.19. The Morgan fingerprint density at radius 2 is 2.00 bits per heavy atom. The highest BCUT2D eigenvalue weighted by molar-refractivity contribution is 9.10. The summed E-state index contributed by atoms with van der Waals surface area (Å²) in [5.41, 5.74) is 1.08. The second kappa shape index (κ2) is 9.16. The molecule has 1 aromatic heterocycles. The molecule has 0 aromatic carbocycles. The molecule has 1 aromatic rings.